The zero-order valence-corrected chi connectivity index (χ0v) is 21.4. The van der Waals surface area contributed by atoms with Crippen LogP contribution in [0, 0.1) is 11.8 Å². The van der Waals surface area contributed by atoms with Crippen molar-refractivity contribution >= 4 is 0 Å². The smallest absolute Gasteiger partial charge is 0.119 e. The molecule has 1 saturated carbocycles. The van der Waals surface area contributed by atoms with Crippen LogP contribution in [0.15, 0.2) is 42.6 Å². The summed E-state index contributed by atoms with van der Waals surface area (Å²) in [6.45, 7) is 5.44. The van der Waals surface area contributed by atoms with Crippen LogP contribution in [0.2, 0.25) is 0 Å². The molecule has 1 fully saturated rings. The van der Waals surface area contributed by atoms with Crippen LogP contribution in [-0.2, 0) is 6.42 Å². The predicted molar refractivity (Wildman–Crippen MR) is 142 cm³/mol. The highest BCUT2D eigenvalue weighted by Crippen LogP contribution is 2.36. The van der Waals surface area contributed by atoms with E-state index in [1.165, 1.54) is 95.5 Å². The minimum atomic E-state index is 0.833. The van der Waals surface area contributed by atoms with E-state index in [-0.39, 0.29) is 0 Å². The van der Waals surface area contributed by atoms with Crippen molar-refractivity contribution in [2.24, 2.45) is 11.8 Å². The molecule has 0 N–H and O–H groups in total. The summed E-state index contributed by atoms with van der Waals surface area (Å²) in [6, 6.07) is 12.9. The first-order valence-corrected chi connectivity index (χ1v) is 14.0. The maximum atomic E-state index is 6.06. The molecule has 0 amide bonds. The number of unbranched alkanes of at least 4 members (excludes halogenated alkanes) is 5. The molecule has 0 saturated heterocycles. The van der Waals surface area contributed by atoms with Crippen molar-refractivity contribution in [1.82, 2.24) is 4.98 Å². The van der Waals surface area contributed by atoms with Gasteiger partial charge >= 0.3 is 0 Å². The zero-order valence-electron chi connectivity index (χ0n) is 21.4. The van der Waals surface area contributed by atoms with Gasteiger partial charge in [-0.2, -0.15) is 0 Å². The summed E-state index contributed by atoms with van der Waals surface area (Å²) in [5.74, 6) is 2.87. The standard InChI is InChI=1S/C31H47NO/c1-3-5-6-7-8-9-14-26-18-23-31(32-25-26)29-19-21-30(22-20-29)33-24-12-17-28-16-11-10-15-27(28)13-4-2/h18-23,25,27-28H,3-17,24H2,1-2H3. The highest BCUT2D eigenvalue weighted by Gasteiger charge is 2.23. The quantitative estimate of drug-likeness (QED) is 0.253. The Hall–Kier alpha value is -1.83. The average Bonchev–Trinajstić information content (AvgIpc) is 2.86. The minimum absolute atomic E-state index is 0.833. The van der Waals surface area contributed by atoms with Crippen LogP contribution in [0.5, 0.6) is 5.75 Å². The Morgan fingerprint density at radius 1 is 0.758 bits per heavy atom. The number of aromatic nitrogens is 1. The van der Waals surface area contributed by atoms with Gasteiger partial charge in [-0.3, -0.25) is 4.98 Å². The molecule has 1 aliphatic carbocycles. The molecule has 0 aliphatic heterocycles. The summed E-state index contributed by atoms with van der Waals surface area (Å²) < 4.78 is 6.06. The number of ether oxygens (including phenoxy) is 1. The van der Waals surface area contributed by atoms with Crippen LogP contribution in [-0.4, -0.2) is 11.6 Å². The summed E-state index contributed by atoms with van der Waals surface area (Å²) in [5.41, 5.74) is 3.57. The lowest BCUT2D eigenvalue weighted by molar-refractivity contribution is 0.193. The van der Waals surface area contributed by atoms with E-state index in [0.717, 1.165) is 41.9 Å². The summed E-state index contributed by atoms with van der Waals surface area (Å²) in [7, 11) is 0. The van der Waals surface area contributed by atoms with Gasteiger partial charge in [-0.1, -0.05) is 90.5 Å². The van der Waals surface area contributed by atoms with Crippen molar-refractivity contribution in [3.8, 4) is 17.0 Å². The molecule has 1 aliphatic rings. The molecule has 2 unspecified atom stereocenters. The van der Waals surface area contributed by atoms with Crippen LogP contribution in [0.3, 0.4) is 0 Å². The number of hydrogen-bond acceptors (Lipinski definition) is 2. The third-order valence-corrected chi connectivity index (χ3v) is 7.51. The van der Waals surface area contributed by atoms with Crippen molar-refractivity contribution in [3.05, 3.63) is 48.2 Å². The molecule has 2 nitrogen and oxygen atoms in total. The van der Waals surface area contributed by atoms with Crippen LogP contribution < -0.4 is 4.74 Å². The van der Waals surface area contributed by atoms with Crippen LogP contribution in [0.25, 0.3) is 11.3 Å². The third-order valence-electron chi connectivity index (χ3n) is 7.51. The van der Waals surface area contributed by atoms with Crippen molar-refractivity contribution in [2.45, 2.75) is 110 Å². The second kappa shape index (κ2) is 15.1. The number of benzene rings is 1. The third kappa shape index (κ3) is 9.14. The Morgan fingerprint density at radius 3 is 2.18 bits per heavy atom. The molecule has 0 spiro atoms. The van der Waals surface area contributed by atoms with E-state index in [1.54, 1.807) is 0 Å². The number of rotatable bonds is 15. The van der Waals surface area contributed by atoms with Gasteiger partial charge in [0.25, 0.3) is 0 Å². The van der Waals surface area contributed by atoms with E-state index >= 15 is 0 Å². The fourth-order valence-electron chi connectivity index (χ4n) is 5.53. The van der Waals surface area contributed by atoms with Gasteiger partial charge in [0.1, 0.15) is 5.75 Å². The molecule has 0 bridgehead atoms. The van der Waals surface area contributed by atoms with Gasteiger partial charge in [0.2, 0.25) is 0 Å². The van der Waals surface area contributed by atoms with Crippen molar-refractivity contribution in [1.29, 1.82) is 0 Å². The van der Waals surface area contributed by atoms with Gasteiger partial charge < -0.3 is 4.74 Å². The monoisotopic (exact) mass is 449 g/mol. The summed E-state index contributed by atoms with van der Waals surface area (Å²) >= 11 is 0. The number of aryl methyl sites for hydroxylation is 1. The molecular weight excluding hydrogens is 402 g/mol. The second-order valence-corrected chi connectivity index (χ2v) is 10.2. The van der Waals surface area contributed by atoms with Crippen molar-refractivity contribution in [2.75, 3.05) is 6.61 Å². The van der Waals surface area contributed by atoms with E-state index in [2.05, 4.69) is 56.4 Å². The van der Waals surface area contributed by atoms with E-state index < -0.39 is 0 Å². The fourth-order valence-corrected chi connectivity index (χ4v) is 5.53. The SMILES string of the molecule is CCCCCCCCc1ccc(-c2ccc(OCCCC3CCCCC3CCC)cc2)nc1. The fraction of sp³-hybridized carbons (Fsp3) is 0.645. The summed E-state index contributed by atoms with van der Waals surface area (Å²) in [4.78, 5) is 4.72. The Kier molecular flexibility index (Phi) is 11.8. The molecule has 33 heavy (non-hydrogen) atoms. The topological polar surface area (TPSA) is 22.1 Å². The molecule has 1 aromatic carbocycles. The van der Waals surface area contributed by atoms with E-state index in [0.29, 0.717) is 0 Å². The number of hydrogen-bond donors (Lipinski definition) is 0. The molecule has 2 atom stereocenters. The lowest BCUT2D eigenvalue weighted by Gasteiger charge is -2.31. The van der Waals surface area contributed by atoms with E-state index in [4.69, 9.17) is 9.72 Å². The molecule has 0 radical (unpaired) electrons. The van der Waals surface area contributed by atoms with Crippen LogP contribution >= 0.6 is 0 Å². The molecule has 2 heteroatoms. The molecule has 1 heterocycles. The van der Waals surface area contributed by atoms with Crippen molar-refractivity contribution < 1.29 is 4.74 Å². The average molecular weight is 450 g/mol. The minimum Gasteiger partial charge on any atom is -0.494 e. The highest BCUT2D eigenvalue weighted by molar-refractivity contribution is 5.60. The predicted octanol–water partition coefficient (Wildman–Crippen LogP) is 9.42. The first kappa shape index (κ1) is 25.8. The molecule has 3 rings (SSSR count). The van der Waals surface area contributed by atoms with E-state index in [1.807, 2.05) is 0 Å². The Morgan fingerprint density at radius 2 is 1.48 bits per heavy atom. The first-order chi connectivity index (χ1) is 16.3. The van der Waals surface area contributed by atoms with Gasteiger partial charge in [0, 0.05) is 11.8 Å². The first-order valence-electron chi connectivity index (χ1n) is 14.0. The number of pyridine rings is 1. The van der Waals surface area contributed by atoms with Gasteiger partial charge in [-0.25, -0.2) is 0 Å². The van der Waals surface area contributed by atoms with Gasteiger partial charge in [0.15, 0.2) is 0 Å². The molecular formula is C31H47NO. The van der Waals surface area contributed by atoms with Gasteiger partial charge in [-0.05, 0) is 73.4 Å². The lowest BCUT2D eigenvalue weighted by Crippen LogP contribution is -2.20. The Bertz CT molecular complexity index is 749. The number of nitrogens with zero attached hydrogens (tertiary/aromatic N) is 1. The normalized spacial score (nSPS) is 18.4. The largest absolute Gasteiger partial charge is 0.494 e. The Labute approximate surface area is 203 Å². The highest BCUT2D eigenvalue weighted by atomic mass is 16.5. The Balaban J connectivity index is 1.37. The lowest BCUT2D eigenvalue weighted by atomic mass is 9.75. The van der Waals surface area contributed by atoms with E-state index in [9.17, 15) is 0 Å². The summed E-state index contributed by atoms with van der Waals surface area (Å²) in [6.07, 6.45) is 22.3. The molecule has 182 valence electrons. The summed E-state index contributed by atoms with van der Waals surface area (Å²) in [5, 5.41) is 0. The second-order valence-electron chi connectivity index (χ2n) is 10.2. The van der Waals surface area contributed by atoms with Crippen molar-refractivity contribution in [3.63, 3.8) is 0 Å². The molecule has 2 aromatic rings. The maximum Gasteiger partial charge on any atom is 0.119 e. The van der Waals surface area contributed by atoms with Gasteiger partial charge in [0.05, 0.1) is 12.3 Å². The van der Waals surface area contributed by atoms with Gasteiger partial charge in [-0.15, -0.1) is 0 Å². The van der Waals surface area contributed by atoms with Crippen LogP contribution in [0.1, 0.15) is 109 Å². The van der Waals surface area contributed by atoms with Crippen LogP contribution in [0.4, 0.5) is 0 Å². The zero-order chi connectivity index (χ0) is 23.1. The maximum absolute atomic E-state index is 6.06. The molecule has 1 aromatic heterocycles.